The third kappa shape index (κ3) is 11.1. The lowest BCUT2D eigenvalue weighted by Gasteiger charge is -2.42. The van der Waals surface area contributed by atoms with E-state index in [4.69, 9.17) is 16.7 Å². The summed E-state index contributed by atoms with van der Waals surface area (Å²) in [6.45, 7) is 7.53. The number of aliphatic imine (C=N–C) groups is 1. The van der Waals surface area contributed by atoms with Crippen LogP contribution in [0.25, 0.3) is 0 Å². The number of aliphatic carboxylic acids is 1. The summed E-state index contributed by atoms with van der Waals surface area (Å²) in [5.74, 6) is -0.708. The quantitative estimate of drug-likeness (QED) is 0.192. The second-order valence-corrected chi connectivity index (χ2v) is 12.7. The summed E-state index contributed by atoms with van der Waals surface area (Å²) in [7, 11) is 0. The fourth-order valence-electron chi connectivity index (χ4n) is 5.39. The van der Waals surface area contributed by atoms with E-state index >= 15 is 0 Å². The van der Waals surface area contributed by atoms with Crippen molar-refractivity contribution < 1.29 is 27.9 Å². The Labute approximate surface area is 256 Å². The van der Waals surface area contributed by atoms with Gasteiger partial charge in [0.1, 0.15) is 6.54 Å². The van der Waals surface area contributed by atoms with E-state index in [1.807, 2.05) is 24.0 Å². The zero-order chi connectivity index (χ0) is 31.8. The molecule has 0 heterocycles. The van der Waals surface area contributed by atoms with Crippen molar-refractivity contribution in [1.29, 1.82) is 0 Å². The van der Waals surface area contributed by atoms with Gasteiger partial charge in [-0.1, -0.05) is 56.6 Å². The minimum Gasteiger partial charge on any atom is -0.481 e. The summed E-state index contributed by atoms with van der Waals surface area (Å²) in [6, 6.07) is 13.6. The number of carbonyl (C=O) groups excluding carboxylic acids is 1. The van der Waals surface area contributed by atoms with Crippen molar-refractivity contribution in [3.8, 4) is 0 Å². The highest BCUT2D eigenvalue weighted by molar-refractivity contribution is 6.30. The molecule has 2 aromatic carbocycles. The number of hydrogen-bond acceptors (Lipinski definition) is 3. The first-order chi connectivity index (χ1) is 20.1. The smallest absolute Gasteiger partial charge is 0.408 e. The molecule has 0 bridgehead atoms. The fourth-order valence-corrected chi connectivity index (χ4v) is 5.51. The van der Waals surface area contributed by atoms with Gasteiger partial charge in [-0.3, -0.25) is 9.59 Å². The molecule has 3 N–H and O–H groups in total. The standard InChI is InChI=1S/C32H42ClF3N4O3/c1-21(23-9-13-26(33)14-10-23)39-30(38-20-32(34,35)36)40(27-15-11-25(12-16-27)31(2,3)4)19-22-5-7-24(8-6-22)29(43)37-18-17-28(41)42/h5-10,13-14,21,25,27H,11-12,15-20H2,1-4H3,(H,37,43)(H,38,39)(H,41,42). The molecule has 1 fully saturated rings. The summed E-state index contributed by atoms with van der Waals surface area (Å²) in [6.07, 6.45) is -1.11. The van der Waals surface area contributed by atoms with Gasteiger partial charge in [0.25, 0.3) is 5.91 Å². The highest BCUT2D eigenvalue weighted by atomic mass is 35.5. The van der Waals surface area contributed by atoms with E-state index in [0.717, 1.165) is 36.8 Å². The van der Waals surface area contributed by atoms with Crippen LogP contribution in [0.1, 0.15) is 87.3 Å². The van der Waals surface area contributed by atoms with E-state index in [0.29, 0.717) is 23.0 Å². The minimum atomic E-state index is -4.47. The Bertz CT molecular complexity index is 1240. The van der Waals surface area contributed by atoms with Gasteiger partial charge < -0.3 is 20.6 Å². The van der Waals surface area contributed by atoms with E-state index in [9.17, 15) is 22.8 Å². The molecule has 43 heavy (non-hydrogen) atoms. The Morgan fingerprint density at radius 2 is 1.63 bits per heavy atom. The van der Waals surface area contributed by atoms with E-state index in [-0.39, 0.29) is 36.4 Å². The lowest BCUT2D eigenvalue weighted by atomic mass is 9.71. The number of guanidine groups is 1. The molecule has 3 rings (SSSR count). The third-order valence-corrected chi connectivity index (χ3v) is 8.20. The summed E-state index contributed by atoms with van der Waals surface area (Å²) < 4.78 is 40.4. The maximum absolute atomic E-state index is 13.5. The predicted molar refractivity (Wildman–Crippen MR) is 163 cm³/mol. The zero-order valence-electron chi connectivity index (χ0n) is 25.2. The van der Waals surface area contributed by atoms with Crippen molar-refractivity contribution >= 4 is 29.4 Å². The zero-order valence-corrected chi connectivity index (χ0v) is 25.9. The van der Waals surface area contributed by atoms with E-state index in [1.54, 1.807) is 36.4 Å². The predicted octanol–water partition coefficient (Wildman–Crippen LogP) is 7.22. The second-order valence-electron chi connectivity index (χ2n) is 12.3. The highest BCUT2D eigenvalue weighted by Gasteiger charge is 2.34. The van der Waals surface area contributed by atoms with E-state index in [1.165, 1.54) is 0 Å². The summed E-state index contributed by atoms with van der Waals surface area (Å²) in [5, 5.41) is 15.2. The monoisotopic (exact) mass is 622 g/mol. The van der Waals surface area contributed by atoms with E-state index < -0.39 is 24.6 Å². The van der Waals surface area contributed by atoms with Gasteiger partial charge in [0.2, 0.25) is 0 Å². The number of carboxylic acids is 1. The molecule has 0 spiro atoms. The molecule has 1 aliphatic carbocycles. The molecule has 0 aromatic heterocycles. The lowest BCUT2D eigenvalue weighted by Crippen LogP contribution is -2.49. The van der Waals surface area contributed by atoms with Crippen molar-refractivity contribution in [2.45, 2.75) is 84.6 Å². The average molecular weight is 623 g/mol. The summed E-state index contributed by atoms with van der Waals surface area (Å²) in [4.78, 5) is 29.2. The summed E-state index contributed by atoms with van der Waals surface area (Å²) in [5.41, 5.74) is 2.18. The van der Waals surface area contributed by atoms with Crippen LogP contribution in [0.3, 0.4) is 0 Å². The Morgan fingerprint density at radius 3 is 2.16 bits per heavy atom. The van der Waals surface area contributed by atoms with Crippen LogP contribution in [-0.2, 0) is 11.3 Å². The van der Waals surface area contributed by atoms with Crippen molar-refractivity contribution in [3.05, 3.63) is 70.2 Å². The molecular weight excluding hydrogens is 581 g/mol. The maximum atomic E-state index is 13.5. The molecule has 1 amide bonds. The Morgan fingerprint density at radius 1 is 1.02 bits per heavy atom. The van der Waals surface area contributed by atoms with Crippen molar-refractivity contribution in [2.24, 2.45) is 16.3 Å². The molecule has 236 valence electrons. The first-order valence-corrected chi connectivity index (χ1v) is 15.0. The first kappa shape index (κ1) is 34.2. The second kappa shape index (κ2) is 14.9. The molecule has 2 aromatic rings. The number of hydrogen-bond donors (Lipinski definition) is 3. The number of amides is 1. The van der Waals surface area contributed by atoms with Crippen LogP contribution in [0, 0.1) is 11.3 Å². The van der Waals surface area contributed by atoms with Crippen molar-refractivity contribution in [1.82, 2.24) is 15.5 Å². The van der Waals surface area contributed by atoms with Crippen LogP contribution < -0.4 is 10.6 Å². The van der Waals surface area contributed by atoms with Gasteiger partial charge in [-0.05, 0) is 79.3 Å². The third-order valence-electron chi connectivity index (χ3n) is 7.95. The molecule has 7 nitrogen and oxygen atoms in total. The molecule has 1 unspecified atom stereocenters. The fraction of sp³-hybridized carbons (Fsp3) is 0.531. The number of alkyl halides is 3. The number of carboxylic acid groups (broad SMARTS) is 1. The lowest BCUT2D eigenvalue weighted by molar-refractivity contribution is -0.136. The molecule has 11 heteroatoms. The highest BCUT2D eigenvalue weighted by Crippen LogP contribution is 2.39. The van der Waals surface area contributed by atoms with Crippen LogP contribution in [0.4, 0.5) is 13.2 Å². The Balaban J connectivity index is 1.89. The van der Waals surface area contributed by atoms with Gasteiger partial charge in [-0.2, -0.15) is 13.2 Å². The van der Waals surface area contributed by atoms with Gasteiger partial charge in [0.15, 0.2) is 5.96 Å². The minimum absolute atomic E-state index is 0.0113. The Hall–Kier alpha value is -3.27. The summed E-state index contributed by atoms with van der Waals surface area (Å²) >= 11 is 6.05. The average Bonchev–Trinajstić information content (AvgIpc) is 2.93. The molecule has 1 atom stereocenters. The number of rotatable bonds is 10. The molecule has 1 aliphatic rings. The topological polar surface area (TPSA) is 94.0 Å². The van der Waals surface area contributed by atoms with Crippen molar-refractivity contribution in [2.75, 3.05) is 13.1 Å². The largest absolute Gasteiger partial charge is 0.481 e. The molecular formula is C32H42ClF3N4O3. The van der Waals surface area contributed by atoms with Gasteiger partial charge in [0.05, 0.1) is 12.5 Å². The van der Waals surface area contributed by atoms with Crippen LogP contribution in [0.5, 0.6) is 0 Å². The first-order valence-electron chi connectivity index (χ1n) is 14.6. The number of carbonyl (C=O) groups is 2. The van der Waals surface area contributed by atoms with Crippen LogP contribution in [0.15, 0.2) is 53.5 Å². The normalized spacial score (nSPS) is 18.6. The van der Waals surface area contributed by atoms with Gasteiger partial charge in [-0.25, -0.2) is 4.99 Å². The van der Waals surface area contributed by atoms with Crippen LogP contribution in [-0.4, -0.2) is 53.2 Å². The number of halogens is 4. The Kier molecular flexibility index (Phi) is 11.9. The maximum Gasteiger partial charge on any atom is 0.408 e. The van der Waals surface area contributed by atoms with Gasteiger partial charge in [-0.15, -0.1) is 0 Å². The molecule has 0 radical (unpaired) electrons. The number of nitrogens with zero attached hydrogens (tertiary/aromatic N) is 2. The molecule has 0 aliphatic heterocycles. The SMILES string of the molecule is CC(NC(=NCC(F)(F)F)N(Cc1ccc(C(=O)NCCC(=O)O)cc1)C1CCC(C(C)(C)C)CC1)c1ccc(Cl)cc1. The van der Waals surface area contributed by atoms with Gasteiger partial charge in [0, 0.05) is 29.7 Å². The van der Waals surface area contributed by atoms with E-state index in [2.05, 4.69) is 36.4 Å². The van der Waals surface area contributed by atoms with Gasteiger partial charge >= 0.3 is 12.1 Å². The number of nitrogens with one attached hydrogen (secondary N) is 2. The molecule has 1 saturated carbocycles. The molecule has 0 saturated heterocycles. The number of benzene rings is 2. The van der Waals surface area contributed by atoms with Crippen LogP contribution in [0.2, 0.25) is 5.02 Å². The van der Waals surface area contributed by atoms with Crippen LogP contribution >= 0.6 is 11.6 Å². The van der Waals surface area contributed by atoms with Crippen molar-refractivity contribution in [3.63, 3.8) is 0 Å².